The number of benzene rings is 3. The standard InChI is InChI=1S/C25H23N3O3S/c1-3-27(18-10-5-4-6-11-18)23(29)17-32-25-26-22-15-8-7-14-21(22)24(30)28(25)19-12-9-13-20(16-19)31-2/h4-16H,3,17H2,1-2H3. The predicted molar refractivity (Wildman–Crippen MR) is 129 cm³/mol. The molecule has 3 aromatic carbocycles. The van der Waals surface area contributed by atoms with Crippen molar-refractivity contribution in [3.63, 3.8) is 0 Å². The summed E-state index contributed by atoms with van der Waals surface area (Å²) < 4.78 is 6.88. The molecule has 0 radical (unpaired) electrons. The number of nitrogens with zero attached hydrogens (tertiary/aromatic N) is 3. The molecule has 0 fully saturated rings. The summed E-state index contributed by atoms with van der Waals surface area (Å²) >= 11 is 1.25. The Morgan fingerprint density at radius 1 is 1.03 bits per heavy atom. The Bertz CT molecular complexity index is 1300. The van der Waals surface area contributed by atoms with Gasteiger partial charge < -0.3 is 9.64 Å². The van der Waals surface area contributed by atoms with Crippen molar-refractivity contribution in [1.29, 1.82) is 0 Å². The molecule has 0 saturated carbocycles. The van der Waals surface area contributed by atoms with Gasteiger partial charge in [-0.2, -0.15) is 0 Å². The minimum Gasteiger partial charge on any atom is -0.497 e. The second kappa shape index (κ2) is 9.70. The van der Waals surface area contributed by atoms with Crippen LogP contribution in [-0.4, -0.2) is 34.9 Å². The van der Waals surface area contributed by atoms with Gasteiger partial charge in [-0.1, -0.05) is 48.2 Å². The fourth-order valence-corrected chi connectivity index (χ4v) is 4.39. The lowest BCUT2D eigenvalue weighted by atomic mass is 10.2. The van der Waals surface area contributed by atoms with Gasteiger partial charge in [-0.25, -0.2) is 4.98 Å². The van der Waals surface area contributed by atoms with Crippen molar-refractivity contribution < 1.29 is 9.53 Å². The Labute approximate surface area is 190 Å². The Morgan fingerprint density at radius 3 is 2.53 bits per heavy atom. The molecule has 0 aliphatic rings. The average molecular weight is 446 g/mol. The number of anilines is 1. The van der Waals surface area contributed by atoms with Crippen molar-refractivity contribution >= 4 is 34.3 Å². The molecule has 4 rings (SSSR count). The summed E-state index contributed by atoms with van der Waals surface area (Å²) in [6.45, 7) is 2.49. The van der Waals surface area contributed by atoms with Crippen molar-refractivity contribution in [2.24, 2.45) is 0 Å². The third-order valence-electron chi connectivity index (χ3n) is 5.07. The van der Waals surface area contributed by atoms with E-state index in [4.69, 9.17) is 9.72 Å². The van der Waals surface area contributed by atoms with Crippen LogP contribution in [0.3, 0.4) is 0 Å². The Morgan fingerprint density at radius 2 is 1.78 bits per heavy atom. The number of fused-ring (bicyclic) bond motifs is 1. The van der Waals surface area contributed by atoms with Crippen LogP contribution in [0.1, 0.15) is 6.92 Å². The monoisotopic (exact) mass is 445 g/mol. The van der Waals surface area contributed by atoms with Crippen LogP contribution >= 0.6 is 11.8 Å². The van der Waals surface area contributed by atoms with Gasteiger partial charge in [-0.3, -0.25) is 14.2 Å². The topological polar surface area (TPSA) is 64.4 Å². The number of amides is 1. The largest absolute Gasteiger partial charge is 0.497 e. The minimum atomic E-state index is -0.186. The highest BCUT2D eigenvalue weighted by atomic mass is 32.2. The lowest BCUT2D eigenvalue weighted by Crippen LogP contribution is -2.32. The first-order chi connectivity index (χ1) is 15.6. The third kappa shape index (κ3) is 4.38. The fraction of sp³-hybridized carbons (Fsp3) is 0.160. The fourth-order valence-electron chi connectivity index (χ4n) is 3.50. The van der Waals surface area contributed by atoms with Gasteiger partial charge in [0.25, 0.3) is 5.56 Å². The maximum Gasteiger partial charge on any atom is 0.266 e. The van der Waals surface area contributed by atoms with Crippen molar-refractivity contribution in [1.82, 2.24) is 9.55 Å². The molecule has 0 unspecified atom stereocenters. The summed E-state index contributed by atoms with van der Waals surface area (Å²) in [7, 11) is 1.58. The van der Waals surface area contributed by atoms with Crippen LogP contribution < -0.4 is 15.2 Å². The first kappa shape index (κ1) is 21.6. The predicted octanol–water partition coefficient (Wildman–Crippen LogP) is 4.54. The molecular weight excluding hydrogens is 422 g/mol. The number of carbonyl (C=O) groups excluding carboxylic acids is 1. The zero-order valence-corrected chi connectivity index (χ0v) is 18.7. The number of aromatic nitrogens is 2. The zero-order chi connectivity index (χ0) is 22.5. The van der Waals surface area contributed by atoms with Gasteiger partial charge in [0.05, 0.1) is 29.5 Å². The van der Waals surface area contributed by atoms with Crippen molar-refractivity contribution in [2.75, 3.05) is 24.3 Å². The highest BCUT2D eigenvalue weighted by molar-refractivity contribution is 7.99. The van der Waals surface area contributed by atoms with E-state index in [-0.39, 0.29) is 17.2 Å². The molecule has 32 heavy (non-hydrogen) atoms. The number of ether oxygens (including phenoxy) is 1. The van der Waals surface area contributed by atoms with Crippen LogP contribution in [-0.2, 0) is 4.79 Å². The van der Waals surface area contributed by atoms with E-state index in [1.165, 1.54) is 11.8 Å². The molecule has 1 amide bonds. The SMILES string of the molecule is CCN(C(=O)CSc1nc2ccccc2c(=O)n1-c1cccc(OC)c1)c1ccccc1. The van der Waals surface area contributed by atoms with E-state index < -0.39 is 0 Å². The molecular formula is C25H23N3O3S. The van der Waals surface area contributed by atoms with Crippen molar-refractivity contribution in [2.45, 2.75) is 12.1 Å². The number of hydrogen-bond acceptors (Lipinski definition) is 5. The lowest BCUT2D eigenvalue weighted by Gasteiger charge is -2.21. The number of methoxy groups -OCH3 is 1. The van der Waals surface area contributed by atoms with E-state index in [1.54, 1.807) is 34.8 Å². The maximum atomic E-state index is 13.4. The molecule has 4 aromatic rings. The Hall–Kier alpha value is -3.58. The molecule has 0 saturated heterocycles. The Kier molecular flexibility index (Phi) is 6.56. The van der Waals surface area contributed by atoms with Crippen LogP contribution in [0.25, 0.3) is 16.6 Å². The average Bonchev–Trinajstić information content (AvgIpc) is 2.84. The highest BCUT2D eigenvalue weighted by Gasteiger charge is 2.18. The van der Waals surface area contributed by atoms with E-state index in [9.17, 15) is 9.59 Å². The van der Waals surface area contributed by atoms with Crippen LogP contribution in [0, 0.1) is 0 Å². The van der Waals surface area contributed by atoms with Crippen molar-refractivity contribution in [3.8, 4) is 11.4 Å². The molecule has 7 heteroatoms. The number of hydrogen-bond donors (Lipinski definition) is 0. The van der Waals surface area contributed by atoms with Gasteiger partial charge in [0, 0.05) is 18.3 Å². The van der Waals surface area contributed by atoms with Gasteiger partial charge in [-0.05, 0) is 43.3 Å². The lowest BCUT2D eigenvalue weighted by molar-refractivity contribution is -0.116. The number of carbonyl (C=O) groups is 1. The first-order valence-corrected chi connectivity index (χ1v) is 11.3. The zero-order valence-electron chi connectivity index (χ0n) is 17.9. The van der Waals surface area contributed by atoms with Crippen molar-refractivity contribution in [3.05, 3.63) is 89.2 Å². The normalized spacial score (nSPS) is 10.8. The third-order valence-corrected chi connectivity index (χ3v) is 5.99. The molecule has 0 spiro atoms. The van der Waals surface area contributed by atoms with E-state index >= 15 is 0 Å². The smallest absolute Gasteiger partial charge is 0.266 e. The van der Waals surface area contributed by atoms with E-state index in [2.05, 4.69) is 0 Å². The number of thioether (sulfide) groups is 1. The van der Waals surface area contributed by atoms with Gasteiger partial charge >= 0.3 is 0 Å². The van der Waals surface area contributed by atoms with Crippen LogP contribution in [0.15, 0.2) is 88.8 Å². The van der Waals surface area contributed by atoms with E-state index in [1.807, 2.05) is 67.6 Å². The summed E-state index contributed by atoms with van der Waals surface area (Å²) in [4.78, 5) is 32.8. The van der Waals surface area contributed by atoms with Gasteiger partial charge in [-0.15, -0.1) is 0 Å². The molecule has 0 bridgehead atoms. The van der Waals surface area contributed by atoms with Crippen LogP contribution in [0.2, 0.25) is 0 Å². The number of rotatable bonds is 7. The summed E-state index contributed by atoms with van der Waals surface area (Å²) in [5.41, 5.74) is 1.89. The second-order valence-corrected chi connectivity index (χ2v) is 7.96. The molecule has 1 aromatic heterocycles. The quantitative estimate of drug-likeness (QED) is 0.309. The summed E-state index contributed by atoms with van der Waals surface area (Å²) in [6, 6.07) is 24.0. The molecule has 0 aliphatic carbocycles. The summed E-state index contributed by atoms with van der Waals surface area (Å²) in [5.74, 6) is 0.733. The van der Waals surface area contributed by atoms with Crippen LogP contribution in [0.5, 0.6) is 5.75 Å². The van der Waals surface area contributed by atoms with Gasteiger partial charge in [0.15, 0.2) is 5.16 Å². The van der Waals surface area contributed by atoms with E-state index in [0.29, 0.717) is 34.0 Å². The molecule has 0 atom stereocenters. The van der Waals surface area contributed by atoms with E-state index in [0.717, 1.165) is 5.69 Å². The molecule has 162 valence electrons. The Balaban J connectivity index is 1.73. The summed E-state index contributed by atoms with van der Waals surface area (Å²) in [6.07, 6.45) is 0. The second-order valence-electron chi connectivity index (χ2n) is 7.02. The maximum absolute atomic E-state index is 13.4. The van der Waals surface area contributed by atoms with Gasteiger partial charge in [0.1, 0.15) is 5.75 Å². The molecule has 6 nitrogen and oxygen atoms in total. The molecule has 0 aliphatic heterocycles. The molecule has 0 N–H and O–H groups in total. The highest BCUT2D eigenvalue weighted by Crippen LogP contribution is 2.24. The molecule has 1 heterocycles. The number of para-hydroxylation sites is 2. The van der Waals surface area contributed by atoms with Crippen LogP contribution in [0.4, 0.5) is 5.69 Å². The summed E-state index contributed by atoms with van der Waals surface area (Å²) in [5, 5.41) is 0.977. The first-order valence-electron chi connectivity index (χ1n) is 10.3. The van der Waals surface area contributed by atoms with Gasteiger partial charge in [0.2, 0.25) is 5.91 Å². The minimum absolute atomic E-state index is 0.0525.